The van der Waals surface area contributed by atoms with Gasteiger partial charge in [0.05, 0.1) is 12.1 Å². The van der Waals surface area contributed by atoms with Crippen molar-refractivity contribution in [3.63, 3.8) is 0 Å². The number of nitrogens with one attached hydrogen (secondary N) is 1. The topological polar surface area (TPSA) is 44.8 Å². The molecule has 0 spiro atoms. The van der Waals surface area contributed by atoms with Crippen LogP contribution < -0.4 is 15.0 Å². The standard InChI is InChI=1S/C18H20ClN3O2/c1-24-17-8-7-14(13-16(17)19)20-18(23)22-11-9-21(10-12-22)15-5-3-2-4-6-15/h2-8,13H,9-12H2,1H3,(H,20,23). The number of anilines is 2. The highest BCUT2D eigenvalue weighted by Gasteiger charge is 2.21. The van der Waals surface area contributed by atoms with Gasteiger partial charge in [-0.05, 0) is 30.3 Å². The van der Waals surface area contributed by atoms with Gasteiger partial charge in [-0.25, -0.2) is 4.79 Å². The van der Waals surface area contributed by atoms with Crippen LogP contribution in [0, 0.1) is 0 Å². The Morgan fingerprint density at radius 3 is 2.42 bits per heavy atom. The minimum atomic E-state index is -0.107. The summed E-state index contributed by atoms with van der Waals surface area (Å²) in [7, 11) is 1.56. The quantitative estimate of drug-likeness (QED) is 0.922. The Balaban J connectivity index is 1.56. The van der Waals surface area contributed by atoms with E-state index in [-0.39, 0.29) is 6.03 Å². The summed E-state index contributed by atoms with van der Waals surface area (Å²) in [6.07, 6.45) is 0. The molecule has 0 saturated carbocycles. The van der Waals surface area contributed by atoms with Crippen molar-refractivity contribution in [2.75, 3.05) is 43.5 Å². The Kier molecular flexibility index (Phi) is 5.11. The van der Waals surface area contributed by atoms with E-state index in [0.29, 0.717) is 29.5 Å². The Hall–Kier alpha value is -2.40. The molecule has 3 rings (SSSR count). The van der Waals surface area contributed by atoms with Crippen molar-refractivity contribution >= 4 is 29.0 Å². The van der Waals surface area contributed by atoms with Crippen LogP contribution in [0.25, 0.3) is 0 Å². The van der Waals surface area contributed by atoms with Gasteiger partial charge in [-0.1, -0.05) is 29.8 Å². The lowest BCUT2D eigenvalue weighted by molar-refractivity contribution is 0.208. The third kappa shape index (κ3) is 3.74. The molecule has 1 aliphatic heterocycles. The summed E-state index contributed by atoms with van der Waals surface area (Å²) in [5.41, 5.74) is 1.86. The number of halogens is 1. The monoisotopic (exact) mass is 345 g/mol. The molecule has 0 atom stereocenters. The first-order chi connectivity index (χ1) is 11.7. The molecule has 6 heteroatoms. The van der Waals surface area contributed by atoms with Crippen molar-refractivity contribution in [3.8, 4) is 5.75 Å². The first-order valence-electron chi connectivity index (χ1n) is 7.87. The van der Waals surface area contributed by atoms with Crippen LogP contribution in [0.2, 0.25) is 5.02 Å². The zero-order chi connectivity index (χ0) is 16.9. The maximum atomic E-state index is 12.4. The van der Waals surface area contributed by atoms with Crippen molar-refractivity contribution in [2.45, 2.75) is 0 Å². The van der Waals surface area contributed by atoms with E-state index in [2.05, 4.69) is 22.3 Å². The lowest BCUT2D eigenvalue weighted by Gasteiger charge is -2.36. The van der Waals surface area contributed by atoms with Crippen LogP contribution in [-0.2, 0) is 0 Å². The molecule has 0 bridgehead atoms. The summed E-state index contributed by atoms with van der Waals surface area (Å²) in [6.45, 7) is 3.01. The van der Waals surface area contributed by atoms with Gasteiger partial charge in [-0.2, -0.15) is 0 Å². The van der Waals surface area contributed by atoms with E-state index in [0.717, 1.165) is 13.1 Å². The highest BCUT2D eigenvalue weighted by Crippen LogP contribution is 2.27. The van der Waals surface area contributed by atoms with Gasteiger partial charge in [-0.15, -0.1) is 0 Å². The lowest BCUT2D eigenvalue weighted by Crippen LogP contribution is -2.50. The number of benzene rings is 2. The van der Waals surface area contributed by atoms with E-state index in [1.54, 1.807) is 25.3 Å². The number of methoxy groups -OCH3 is 1. The molecule has 1 N–H and O–H groups in total. The largest absolute Gasteiger partial charge is 0.495 e. The minimum Gasteiger partial charge on any atom is -0.495 e. The normalized spacial score (nSPS) is 14.4. The number of rotatable bonds is 3. The molecule has 0 aromatic heterocycles. The van der Waals surface area contributed by atoms with Gasteiger partial charge in [-0.3, -0.25) is 0 Å². The number of nitrogens with zero attached hydrogens (tertiary/aromatic N) is 2. The zero-order valence-corrected chi connectivity index (χ0v) is 14.3. The van der Waals surface area contributed by atoms with Gasteiger partial charge >= 0.3 is 6.03 Å². The number of piperazine rings is 1. The molecule has 0 unspecified atom stereocenters. The smallest absolute Gasteiger partial charge is 0.321 e. The fourth-order valence-electron chi connectivity index (χ4n) is 2.75. The van der Waals surface area contributed by atoms with E-state index in [9.17, 15) is 4.79 Å². The summed E-state index contributed by atoms with van der Waals surface area (Å²) in [5.74, 6) is 0.589. The van der Waals surface area contributed by atoms with Crippen LogP contribution >= 0.6 is 11.6 Å². The molecule has 1 saturated heterocycles. The molecule has 5 nitrogen and oxygen atoms in total. The molecule has 1 fully saturated rings. The van der Waals surface area contributed by atoms with Crippen LogP contribution in [0.3, 0.4) is 0 Å². The van der Waals surface area contributed by atoms with Crippen LogP contribution in [0.1, 0.15) is 0 Å². The third-order valence-corrected chi connectivity index (χ3v) is 4.39. The second kappa shape index (κ2) is 7.45. The second-order valence-electron chi connectivity index (χ2n) is 5.59. The predicted octanol–water partition coefficient (Wildman–Crippen LogP) is 3.70. The van der Waals surface area contributed by atoms with Gasteiger partial charge in [0, 0.05) is 37.6 Å². The summed E-state index contributed by atoms with van der Waals surface area (Å²) < 4.78 is 5.11. The Morgan fingerprint density at radius 2 is 1.79 bits per heavy atom. The van der Waals surface area contributed by atoms with Crippen molar-refractivity contribution in [3.05, 3.63) is 53.6 Å². The molecule has 2 amide bonds. The number of urea groups is 1. The SMILES string of the molecule is COc1ccc(NC(=O)N2CCN(c3ccccc3)CC2)cc1Cl. The number of amides is 2. The average molecular weight is 346 g/mol. The van der Waals surface area contributed by atoms with Crippen molar-refractivity contribution in [1.29, 1.82) is 0 Å². The maximum Gasteiger partial charge on any atom is 0.321 e. The van der Waals surface area contributed by atoms with E-state index in [1.165, 1.54) is 5.69 Å². The summed E-state index contributed by atoms with van der Waals surface area (Å²) in [5, 5.41) is 3.36. The summed E-state index contributed by atoms with van der Waals surface area (Å²) >= 11 is 6.09. The third-order valence-electron chi connectivity index (χ3n) is 4.09. The van der Waals surface area contributed by atoms with Crippen LogP contribution in [0.15, 0.2) is 48.5 Å². The highest BCUT2D eigenvalue weighted by atomic mass is 35.5. The molecule has 0 aliphatic carbocycles. The first-order valence-corrected chi connectivity index (χ1v) is 8.24. The van der Waals surface area contributed by atoms with Gasteiger partial charge in [0.1, 0.15) is 5.75 Å². The van der Waals surface area contributed by atoms with E-state index in [4.69, 9.17) is 16.3 Å². The minimum absolute atomic E-state index is 0.107. The van der Waals surface area contributed by atoms with Crippen molar-refractivity contribution in [2.24, 2.45) is 0 Å². The van der Waals surface area contributed by atoms with Crippen LogP contribution in [0.5, 0.6) is 5.75 Å². The Labute approximate surface area is 146 Å². The molecule has 0 radical (unpaired) electrons. The molecular formula is C18H20ClN3O2. The first kappa shape index (κ1) is 16.5. The maximum absolute atomic E-state index is 12.4. The molecule has 2 aromatic carbocycles. The zero-order valence-electron chi connectivity index (χ0n) is 13.5. The Morgan fingerprint density at radius 1 is 1.08 bits per heavy atom. The van der Waals surface area contributed by atoms with Crippen molar-refractivity contribution in [1.82, 2.24) is 4.90 Å². The molecular weight excluding hydrogens is 326 g/mol. The molecule has 1 aliphatic rings. The molecule has 1 heterocycles. The van der Waals surface area contributed by atoms with Crippen LogP contribution in [0.4, 0.5) is 16.2 Å². The summed E-state index contributed by atoms with van der Waals surface area (Å²) in [4.78, 5) is 16.5. The second-order valence-corrected chi connectivity index (χ2v) is 6.00. The fraction of sp³-hybridized carbons (Fsp3) is 0.278. The molecule has 2 aromatic rings. The van der Waals surface area contributed by atoms with Gasteiger partial charge in [0.2, 0.25) is 0 Å². The van der Waals surface area contributed by atoms with Crippen LogP contribution in [-0.4, -0.2) is 44.2 Å². The van der Waals surface area contributed by atoms with Gasteiger partial charge in [0.15, 0.2) is 0 Å². The lowest BCUT2D eigenvalue weighted by atomic mass is 10.2. The van der Waals surface area contributed by atoms with E-state index >= 15 is 0 Å². The average Bonchev–Trinajstić information content (AvgIpc) is 2.63. The van der Waals surface area contributed by atoms with Crippen molar-refractivity contribution < 1.29 is 9.53 Å². The number of ether oxygens (including phenoxy) is 1. The number of carbonyl (C=O) groups excluding carboxylic acids is 1. The number of carbonyl (C=O) groups is 1. The molecule has 24 heavy (non-hydrogen) atoms. The molecule has 126 valence electrons. The van der Waals surface area contributed by atoms with E-state index in [1.807, 2.05) is 23.1 Å². The number of hydrogen-bond donors (Lipinski definition) is 1. The van der Waals surface area contributed by atoms with Gasteiger partial charge in [0.25, 0.3) is 0 Å². The van der Waals surface area contributed by atoms with Gasteiger partial charge < -0.3 is 19.9 Å². The predicted molar refractivity (Wildman–Crippen MR) is 97.3 cm³/mol. The Bertz CT molecular complexity index is 701. The van der Waals surface area contributed by atoms with E-state index < -0.39 is 0 Å². The number of para-hydroxylation sites is 1. The number of hydrogen-bond acceptors (Lipinski definition) is 3. The fourth-order valence-corrected chi connectivity index (χ4v) is 3.01. The summed E-state index contributed by atoms with van der Waals surface area (Å²) in [6, 6.07) is 15.4. The highest BCUT2D eigenvalue weighted by molar-refractivity contribution is 6.32.